The average Bonchev–Trinajstić information content (AvgIpc) is 2.22. The summed E-state index contributed by atoms with van der Waals surface area (Å²) in [6.07, 6.45) is -0.691. The van der Waals surface area contributed by atoms with Crippen molar-refractivity contribution in [2.75, 3.05) is 7.11 Å². The van der Waals surface area contributed by atoms with E-state index in [0.29, 0.717) is 6.42 Å². The Hall–Kier alpha value is -1.06. The summed E-state index contributed by atoms with van der Waals surface area (Å²) in [6, 6.07) is 0. The quantitative estimate of drug-likeness (QED) is 0.662. The van der Waals surface area contributed by atoms with Gasteiger partial charge >= 0.3 is 6.16 Å². The van der Waals surface area contributed by atoms with Crippen LogP contribution in [0.4, 0.5) is 4.79 Å². The molecule has 0 saturated heterocycles. The monoisotopic (exact) mass is 216 g/mol. The van der Waals surface area contributed by atoms with Crippen LogP contribution < -0.4 is 0 Å². The van der Waals surface area contributed by atoms with Crippen molar-refractivity contribution >= 4 is 11.9 Å². The van der Waals surface area contributed by atoms with Crippen LogP contribution in [0.25, 0.3) is 0 Å². The summed E-state index contributed by atoms with van der Waals surface area (Å²) < 4.78 is 9.49. The summed E-state index contributed by atoms with van der Waals surface area (Å²) in [6.45, 7) is 7.40. The van der Waals surface area contributed by atoms with Gasteiger partial charge < -0.3 is 9.47 Å². The maximum atomic E-state index is 11.5. The summed E-state index contributed by atoms with van der Waals surface area (Å²) in [5.74, 6) is -0.0960. The predicted molar refractivity (Wildman–Crippen MR) is 56.6 cm³/mol. The molecule has 0 rings (SSSR count). The van der Waals surface area contributed by atoms with Crippen molar-refractivity contribution in [1.29, 1.82) is 0 Å². The Morgan fingerprint density at radius 3 is 2.07 bits per heavy atom. The number of methoxy groups -OCH3 is 1. The third-order valence-corrected chi connectivity index (χ3v) is 2.41. The molecule has 0 amide bonds. The van der Waals surface area contributed by atoms with Crippen molar-refractivity contribution in [2.24, 2.45) is 11.8 Å². The van der Waals surface area contributed by atoms with Gasteiger partial charge in [0.25, 0.3) is 0 Å². The van der Waals surface area contributed by atoms with E-state index < -0.39 is 12.3 Å². The van der Waals surface area contributed by atoms with Gasteiger partial charge in [-0.15, -0.1) is 0 Å². The molecule has 4 nitrogen and oxygen atoms in total. The topological polar surface area (TPSA) is 52.6 Å². The minimum absolute atomic E-state index is 0.0922. The maximum absolute atomic E-state index is 11.5. The molecule has 88 valence electrons. The first kappa shape index (κ1) is 13.9. The average molecular weight is 216 g/mol. The molecule has 0 aromatic rings. The standard InChI is InChI=1S/C11H20O4/c1-6-9(12)8(4)10(7(2)3)15-11(13)14-5/h7-8,10H,6H2,1-5H3/t8-,10+/m1/s1. The van der Waals surface area contributed by atoms with Crippen LogP contribution in [0.2, 0.25) is 0 Å². The van der Waals surface area contributed by atoms with E-state index >= 15 is 0 Å². The molecule has 0 aromatic heterocycles. The molecular weight excluding hydrogens is 196 g/mol. The first-order valence-electron chi connectivity index (χ1n) is 5.21. The molecule has 0 aliphatic carbocycles. The number of carbonyl (C=O) groups is 2. The lowest BCUT2D eigenvalue weighted by atomic mass is 9.90. The largest absolute Gasteiger partial charge is 0.508 e. The highest BCUT2D eigenvalue weighted by Crippen LogP contribution is 2.19. The maximum Gasteiger partial charge on any atom is 0.508 e. The first-order chi connectivity index (χ1) is 6.93. The van der Waals surface area contributed by atoms with E-state index in [2.05, 4.69) is 4.74 Å². The van der Waals surface area contributed by atoms with Gasteiger partial charge in [-0.25, -0.2) is 4.79 Å². The van der Waals surface area contributed by atoms with Gasteiger partial charge in [0.15, 0.2) is 0 Å². The number of rotatable bonds is 5. The number of hydrogen-bond donors (Lipinski definition) is 0. The van der Waals surface area contributed by atoms with Crippen molar-refractivity contribution in [3.63, 3.8) is 0 Å². The summed E-state index contributed by atoms with van der Waals surface area (Å²) in [5, 5.41) is 0. The molecule has 0 N–H and O–H groups in total. The van der Waals surface area contributed by atoms with E-state index in [4.69, 9.17) is 4.74 Å². The molecule has 0 aliphatic heterocycles. The number of carbonyl (C=O) groups excluding carboxylic acids is 2. The molecule has 0 aliphatic rings. The summed E-state index contributed by atoms with van der Waals surface area (Å²) in [4.78, 5) is 22.5. The Balaban J connectivity index is 4.51. The fourth-order valence-electron chi connectivity index (χ4n) is 1.48. The highest BCUT2D eigenvalue weighted by molar-refractivity contribution is 5.81. The van der Waals surface area contributed by atoms with Crippen molar-refractivity contribution < 1.29 is 19.1 Å². The summed E-state index contributed by atoms with van der Waals surface area (Å²) in [7, 11) is 1.26. The van der Waals surface area contributed by atoms with Gasteiger partial charge in [0.1, 0.15) is 11.9 Å². The van der Waals surface area contributed by atoms with Crippen molar-refractivity contribution in [1.82, 2.24) is 0 Å². The molecule has 4 heteroatoms. The minimum atomic E-state index is -0.732. The van der Waals surface area contributed by atoms with E-state index in [0.717, 1.165) is 0 Å². The van der Waals surface area contributed by atoms with Crippen LogP contribution in [0.15, 0.2) is 0 Å². The Morgan fingerprint density at radius 2 is 1.73 bits per heavy atom. The number of Topliss-reactive ketones (excluding diaryl/α,β-unsaturated/α-hetero) is 1. The van der Waals surface area contributed by atoms with E-state index in [1.54, 1.807) is 13.8 Å². The van der Waals surface area contributed by atoms with Crippen LogP contribution in [0, 0.1) is 11.8 Å². The van der Waals surface area contributed by atoms with Gasteiger partial charge in [-0.1, -0.05) is 27.7 Å². The van der Waals surface area contributed by atoms with Gasteiger partial charge in [-0.05, 0) is 5.92 Å². The second-order valence-electron chi connectivity index (χ2n) is 3.89. The lowest BCUT2D eigenvalue weighted by Crippen LogP contribution is -2.34. The van der Waals surface area contributed by atoms with Crippen LogP contribution in [0.3, 0.4) is 0 Å². The number of ketones is 1. The molecule has 0 fully saturated rings. The molecule has 15 heavy (non-hydrogen) atoms. The lowest BCUT2D eigenvalue weighted by molar-refractivity contribution is -0.127. The summed E-state index contributed by atoms with van der Waals surface area (Å²) >= 11 is 0. The Labute approximate surface area is 90.9 Å². The van der Waals surface area contributed by atoms with Crippen LogP contribution in [0.5, 0.6) is 0 Å². The normalized spacial score (nSPS) is 14.5. The van der Waals surface area contributed by atoms with Gasteiger partial charge in [0.2, 0.25) is 0 Å². The first-order valence-corrected chi connectivity index (χ1v) is 5.21. The number of ether oxygens (including phenoxy) is 2. The molecule has 2 atom stereocenters. The Morgan fingerprint density at radius 1 is 1.20 bits per heavy atom. The van der Waals surface area contributed by atoms with Crippen LogP contribution >= 0.6 is 0 Å². The number of hydrogen-bond acceptors (Lipinski definition) is 4. The zero-order chi connectivity index (χ0) is 12.0. The van der Waals surface area contributed by atoms with E-state index in [9.17, 15) is 9.59 Å². The highest BCUT2D eigenvalue weighted by Gasteiger charge is 2.29. The van der Waals surface area contributed by atoms with Crippen molar-refractivity contribution in [3.05, 3.63) is 0 Å². The molecule has 0 bridgehead atoms. The minimum Gasteiger partial charge on any atom is -0.438 e. The second-order valence-corrected chi connectivity index (χ2v) is 3.89. The molecule has 0 radical (unpaired) electrons. The van der Waals surface area contributed by atoms with Gasteiger partial charge in [-0.3, -0.25) is 4.79 Å². The van der Waals surface area contributed by atoms with Crippen molar-refractivity contribution in [3.8, 4) is 0 Å². The van der Waals surface area contributed by atoms with E-state index in [1.165, 1.54) is 7.11 Å². The lowest BCUT2D eigenvalue weighted by Gasteiger charge is -2.25. The SMILES string of the molecule is CCC(=O)[C@@H](C)[C@@H](OC(=O)OC)C(C)C. The predicted octanol–water partition coefficient (Wildman–Crippen LogP) is 2.41. The van der Waals surface area contributed by atoms with Crippen LogP contribution in [-0.4, -0.2) is 25.2 Å². The zero-order valence-corrected chi connectivity index (χ0v) is 10.1. The molecule has 0 spiro atoms. The van der Waals surface area contributed by atoms with Gasteiger partial charge in [0.05, 0.1) is 13.0 Å². The van der Waals surface area contributed by atoms with Gasteiger partial charge in [0, 0.05) is 6.42 Å². The van der Waals surface area contributed by atoms with E-state index in [-0.39, 0.29) is 17.6 Å². The third kappa shape index (κ3) is 4.32. The smallest absolute Gasteiger partial charge is 0.438 e. The fourth-order valence-corrected chi connectivity index (χ4v) is 1.48. The van der Waals surface area contributed by atoms with Crippen LogP contribution in [0.1, 0.15) is 34.1 Å². The molecule has 0 unspecified atom stereocenters. The zero-order valence-electron chi connectivity index (χ0n) is 10.1. The summed E-state index contributed by atoms with van der Waals surface area (Å²) in [5.41, 5.74) is 0. The highest BCUT2D eigenvalue weighted by atomic mass is 16.7. The van der Waals surface area contributed by atoms with Crippen LogP contribution in [-0.2, 0) is 14.3 Å². The van der Waals surface area contributed by atoms with Gasteiger partial charge in [-0.2, -0.15) is 0 Å². The fraction of sp³-hybridized carbons (Fsp3) is 0.818. The molecular formula is C11H20O4. The molecule has 0 heterocycles. The van der Waals surface area contributed by atoms with Crippen molar-refractivity contribution in [2.45, 2.75) is 40.2 Å². The molecule has 0 aromatic carbocycles. The Bertz CT molecular complexity index is 223. The Kier molecular flexibility index (Phi) is 5.97. The third-order valence-electron chi connectivity index (χ3n) is 2.41. The molecule has 0 saturated carbocycles. The second kappa shape index (κ2) is 6.43. The van der Waals surface area contributed by atoms with E-state index in [1.807, 2.05) is 13.8 Å².